The van der Waals surface area contributed by atoms with Gasteiger partial charge in [-0.3, -0.25) is 4.79 Å². The van der Waals surface area contributed by atoms with E-state index in [0.29, 0.717) is 24.3 Å². The Labute approximate surface area is 160 Å². The largest absolute Gasteiger partial charge is 0.383 e. The van der Waals surface area contributed by atoms with Crippen molar-refractivity contribution in [3.63, 3.8) is 0 Å². The van der Waals surface area contributed by atoms with Gasteiger partial charge >= 0.3 is 0 Å². The fourth-order valence-electron chi connectivity index (χ4n) is 4.30. The summed E-state index contributed by atoms with van der Waals surface area (Å²) in [5, 5.41) is 14.6. The predicted molar refractivity (Wildman–Crippen MR) is 106 cm³/mol. The highest BCUT2D eigenvalue weighted by atomic mass is 16.3. The molecule has 1 aliphatic carbocycles. The van der Waals surface area contributed by atoms with Crippen LogP contribution in [0.5, 0.6) is 0 Å². The second-order valence-electron chi connectivity index (χ2n) is 7.65. The highest BCUT2D eigenvalue weighted by molar-refractivity contribution is 5.98. The molecule has 0 spiro atoms. The number of anilines is 1. The van der Waals surface area contributed by atoms with E-state index >= 15 is 0 Å². The average Bonchev–Trinajstić information content (AvgIpc) is 2.73. The lowest BCUT2D eigenvalue weighted by molar-refractivity contribution is 0.0321. The number of nitrogens with one attached hydrogen (secondary N) is 1. The number of aryl methyl sites for hydroxylation is 1. The van der Waals surface area contributed by atoms with Crippen LogP contribution in [-0.4, -0.2) is 40.5 Å². The van der Waals surface area contributed by atoms with Gasteiger partial charge in [-0.15, -0.1) is 0 Å². The van der Waals surface area contributed by atoms with Crippen molar-refractivity contribution in [2.24, 2.45) is 0 Å². The maximum Gasteiger partial charge on any atom is 0.257 e. The molecule has 1 saturated heterocycles. The number of benzene rings is 1. The van der Waals surface area contributed by atoms with Crippen LogP contribution in [0.15, 0.2) is 42.6 Å². The number of nitrogens with zero attached hydrogens (tertiary/aromatic N) is 2. The smallest absolute Gasteiger partial charge is 0.257 e. The first-order chi connectivity index (χ1) is 13.2. The second-order valence-corrected chi connectivity index (χ2v) is 7.65. The van der Waals surface area contributed by atoms with E-state index < -0.39 is 5.60 Å². The van der Waals surface area contributed by atoms with Crippen molar-refractivity contribution in [1.29, 1.82) is 0 Å². The lowest BCUT2D eigenvalue weighted by Crippen LogP contribution is -2.39. The molecule has 2 N–H and O–H groups in total. The standard InChI is InChI=1S/C22H27N3O2/c26-21(25-14-4-1-5-15-25)18-10-7-13-23-20(18)24-16-22(27)12-6-9-17-8-2-3-11-19(17)22/h2-3,7-8,10-11,13,27H,1,4-6,9,12,14-16H2,(H,23,24). The summed E-state index contributed by atoms with van der Waals surface area (Å²) in [7, 11) is 0. The molecule has 1 fully saturated rings. The third-order valence-corrected chi connectivity index (χ3v) is 5.78. The number of rotatable bonds is 4. The van der Waals surface area contributed by atoms with Crippen LogP contribution >= 0.6 is 0 Å². The minimum absolute atomic E-state index is 0.0290. The summed E-state index contributed by atoms with van der Waals surface area (Å²) in [6.45, 7) is 1.97. The maximum atomic E-state index is 12.9. The van der Waals surface area contributed by atoms with Gasteiger partial charge in [0.2, 0.25) is 0 Å². The van der Waals surface area contributed by atoms with E-state index in [0.717, 1.165) is 44.3 Å². The number of pyridine rings is 1. The van der Waals surface area contributed by atoms with E-state index in [1.165, 1.54) is 12.0 Å². The van der Waals surface area contributed by atoms with Gasteiger partial charge in [0, 0.05) is 25.8 Å². The van der Waals surface area contributed by atoms with Crippen molar-refractivity contribution >= 4 is 11.7 Å². The van der Waals surface area contributed by atoms with E-state index in [4.69, 9.17) is 0 Å². The van der Waals surface area contributed by atoms with Crippen LogP contribution < -0.4 is 5.32 Å². The van der Waals surface area contributed by atoms with Gasteiger partial charge in [0.05, 0.1) is 5.56 Å². The maximum absolute atomic E-state index is 12.9. The van der Waals surface area contributed by atoms with Crippen molar-refractivity contribution < 1.29 is 9.90 Å². The van der Waals surface area contributed by atoms with Crippen molar-refractivity contribution in [2.45, 2.75) is 44.1 Å². The van der Waals surface area contributed by atoms with E-state index in [-0.39, 0.29) is 5.91 Å². The molecular formula is C22H27N3O2. The molecule has 1 amide bonds. The zero-order valence-electron chi connectivity index (χ0n) is 15.7. The molecule has 27 heavy (non-hydrogen) atoms. The van der Waals surface area contributed by atoms with Gasteiger partial charge in [-0.05, 0) is 61.8 Å². The number of carbonyl (C=O) groups excluding carboxylic acids is 1. The molecule has 0 radical (unpaired) electrons. The van der Waals surface area contributed by atoms with E-state index in [9.17, 15) is 9.90 Å². The third-order valence-electron chi connectivity index (χ3n) is 5.78. The summed E-state index contributed by atoms with van der Waals surface area (Å²) < 4.78 is 0. The Hall–Kier alpha value is -2.40. The van der Waals surface area contributed by atoms with E-state index in [1.807, 2.05) is 29.2 Å². The monoisotopic (exact) mass is 365 g/mol. The van der Waals surface area contributed by atoms with Gasteiger partial charge in [-0.2, -0.15) is 0 Å². The number of hydrogen-bond donors (Lipinski definition) is 2. The van der Waals surface area contributed by atoms with Gasteiger partial charge < -0.3 is 15.3 Å². The molecule has 1 atom stereocenters. The Bertz CT molecular complexity index is 817. The normalized spacial score (nSPS) is 22.2. The molecule has 5 nitrogen and oxygen atoms in total. The van der Waals surface area contributed by atoms with Crippen LogP contribution in [0.1, 0.15) is 53.6 Å². The second kappa shape index (κ2) is 7.69. The minimum atomic E-state index is -0.933. The van der Waals surface area contributed by atoms with Gasteiger partial charge in [0.15, 0.2) is 0 Å². The number of likely N-dealkylation sites (tertiary alicyclic amines) is 1. The number of hydrogen-bond acceptors (Lipinski definition) is 4. The van der Waals surface area contributed by atoms with Crippen LogP contribution in [0.25, 0.3) is 0 Å². The summed E-state index contributed by atoms with van der Waals surface area (Å²) in [4.78, 5) is 19.2. The van der Waals surface area contributed by atoms with Crippen LogP contribution in [0.4, 0.5) is 5.82 Å². The first kappa shape index (κ1) is 18.0. The Morgan fingerprint density at radius 2 is 1.93 bits per heavy atom. The highest BCUT2D eigenvalue weighted by Crippen LogP contribution is 2.35. The van der Waals surface area contributed by atoms with Crippen molar-refractivity contribution in [2.75, 3.05) is 25.0 Å². The minimum Gasteiger partial charge on any atom is -0.383 e. The third kappa shape index (κ3) is 3.69. The molecular weight excluding hydrogens is 338 g/mol. The highest BCUT2D eigenvalue weighted by Gasteiger charge is 2.34. The van der Waals surface area contributed by atoms with Crippen LogP contribution in [0.3, 0.4) is 0 Å². The lowest BCUT2D eigenvalue weighted by atomic mass is 9.79. The first-order valence-electron chi connectivity index (χ1n) is 9.96. The number of carbonyl (C=O) groups is 1. The fraction of sp³-hybridized carbons (Fsp3) is 0.455. The molecule has 5 heteroatoms. The molecule has 1 unspecified atom stereocenters. The Morgan fingerprint density at radius 1 is 1.11 bits per heavy atom. The molecule has 1 aliphatic heterocycles. The summed E-state index contributed by atoms with van der Waals surface area (Å²) in [6, 6.07) is 11.7. The number of aliphatic hydroxyl groups is 1. The number of aromatic nitrogens is 1. The molecule has 2 heterocycles. The fourth-order valence-corrected chi connectivity index (χ4v) is 4.30. The van der Waals surface area contributed by atoms with Crippen molar-refractivity contribution in [3.05, 3.63) is 59.3 Å². The molecule has 2 aliphatic rings. The quantitative estimate of drug-likeness (QED) is 0.872. The SMILES string of the molecule is O=C(c1cccnc1NCC1(O)CCCc2ccccc21)N1CCCCC1. The van der Waals surface area contributed by atoms with E-state index in [1.54, 1.807) is 12.3 Å². The van der Waals surface area contributed by atoms with Gasteiger partial charge in [0.1, 0.15) is 11.4 Å². The molecule has 2 aromatic rings. The van der Waals surface area contributed by atoms with Gasteiger partial charge in [-0.25, -0.2) is 4.98 Å². The van der Waals surface area contributed by atoms with Crippen LogP contribution in [0, 0.1) is 0 Å². The summed E-state index contributed by atoms with van der Waals surface area (Å²) in [5.74, 6) is 0.589. The van der Waals surface area contributed by atoms with Crippen LogP contribution in [0.2, 0.25) is 0 Å². The predicted octanol–water partition coefficient (Wildman–Crippen LogP) is 3.34. The Balaban J connectivity index is 1.53. The topological polar surface area (TPSA) is 65.5 Å². The van der Waals surface area contributed by atoms with Crippen molar-refractivity contribution in [1.82, 2.24) is 9.88 Å². The number of fused-ring (bicyclic) bond motifs is 1. The molecule has 142 valence electrons. The lowest BCUT2D eigenvalue weighted by Gasteiger charge is -2.35. The molecule has 4 rings (SSSR count). The van der Waals surface area contributed by atoms with Gasteiger partial charge in [0.25, 0.3) is 5.91 Å². The summed E-state index contributed by atoms with van der Waals surface area (Å²) in [5.41, 5.74) is 1.85. The zero-order valence-corrected chi connectivity index (χ0v) is 15.7. The molecule has 1 aromatic carbocycles. The van der Waals surface area contributed by atoms with Crippen LogP contribution in [-0.2, 0) is 12.0 Å². The Kier molecular flexibility index (Phi) is 5.12. The molecule has 1 aromatic heterocycles. The zero-order chi connectivity index (χ0) is 18.7. The summed E-state index contributed by atoms with van der Waals surface area (Å²) in [6.07, 6.45) is 7.66. The van der Waals surface area contributed by atoms with Crippen molar-refractivity contribution in [3.8, 4) is 0 Å². The summed E-state index contributed by atoms with van der Waals surface area (Å²) >= 11 is 0. The van der Waals surface area contributed by atoms with E-state index in [2.05, 4.69) is 16.4 Å². The first-order valence-corrected chi connectivity index (χ1v) is 9.96. The molecule has 0 bridgehead atoms. The molecule has 0 saturated carbocycles. The van der Waals surface area contributed by atoms with Gasteiger partial charge in [-0.1, -0.05) is 24.3 Å². The Morgan fingerprint density at radius 3 is 2.78 bits per heavy atom. The number of piperidine rings is 1. The number of amides is 1. The average molecular weight is 365 g/mol.